The molecule has 140 valence electrons. The molecule has 2 rings (SSSR count). The SMILES string of the molecule is Cl.NCCNC(=O)C1CCCN(S(=O)(=O)c2ccccc2[N+](=O)[O-])C1. The number of nitro groups is 1. The molecule has 0 spiro atoms. The number of hydrogen-bond donors (Lipinski definition) is 2. The number of nitrogens with two attached hydrogens (primary N) is 1. The van der Waals surface area contributed by atoms with Crippen LogP contribution in [0.1, 0.15) is 12.8 Å². The second-order valence-corrected chi connectivity index (χ2v) is 7.41. The Balaban J connectivity index is 0.00000312. The van der Waals surface area contributed by atoms with Crippen LogP contribution in [0.5, 0.6) is 0 Å². The van der Waals surface area contributed by atoms with E-state index in [1.165, 1.54) is 18.2 Å². The van der Waals surface area contributed by atoms with E-state index in [9.17, 15) is 23.3 Å². The summed E-state index contributed by atoms with van der Waals surface area (Å²) in [7, 11) is -4.04. The van der Waals surface area contributed by atoms with E-state index in [-0.39, 0.29) is 36.3 Å². The van der Waals surface area contributed by atoms with Gasteiger partial charge in [0.15, 0.2) is 4.90 Å². The van der Waals surface area contributed by atoms with Crippen molar-refractivity contribution < 1.29 is 18.1 Å². The average molecular weight is 393 g/mol. The van der Waals surface area contributed by atoms with E-state index in [1.54, 1.807) is 0 Å². The molecule has 9 nitrogen and oxygen atoms in total. The molecule has 0 aromatic heterocycles. The minimum Gasteiger partial charge on any atom is -0.355 e. The van der Waals surface area contributed by atoms with E-state index in [2.05, 4.69) is 5.32 Å². The van der Waals surface area contributed by atoms with E-state index in [1.807, 2.05) is 0 Å². The number of rotatable bonds is 6. The fourth-order valence-corrected chi connectivity index (χ4v) is 4.36. The number of carbonyl (C=O) groups is 1. The van der Waals surface area contributed by atoms with Crippen LogP contribution < -0.4 is 11.1 Å². The predicted molar refractivity (Wildman–Crippen MR) is 93.9 cm³/mol. The number of halogens is 1. The Morgan fingerprint density at radius 2 is 2.08 bits per heavy atom. The van der Waals surface area contributed by atoms with E-state index in [0.717, 1.165) is 10.4 Å². The molecule has 11 heteroatoms. The summed E-state index contributed by atoms with van der Waals surface area (Å²) >= 11 is 0. The summed E-state index contributed by atoms with van der Waals surface area (Å²) in [5.74, 6) is -0.731. The van der Waals surface area contributed by atoms with Crippen LogP contribution in [0, 0.1) is 16.0 Å². The highest BCUT2D eigenvalue weighted by Crippen LogP contribution is 2.29. The number of nitrogens with zero attached hydrogens (tertiary/aromatic N) is 2. The second-order valence-electron chi connectivity index (χ2n) is 5.51. The Hall–Kier alpha value is -1.75. The van der Waals surface area contributed by atoms with Gasteiger partial charge < -0.3 is 11.1 Å². The lowest BCUT2D eigenvalue weighted by Crippen LogP contribution is -2.46. The van der Waals surface area contributed by atoms with Crippen molar-refractivity contribution in [2.24, 2.45) is 11.7 Å². The van der Waals surface area contributed by atoms with Gasteiger partial charge in [-0.3, -0.25) is 14.9 Å². The van der Waals surface area contributed by atoms with Crippen LogP contribution in [0.15, 0.2) is 29.2 Å². The highest BCUT2D eigenvalue weighted by Gasteiger charge is 2.36. The maximum absolute atomic E-state index is 12.8. The van der Waals surface area contributed by atoms with Gasteiger partial charge in [0.05, 0.1) is 10.8 Å². The largest absolute Gasteiger partial charge is 0.355 e. The van der Waals surface area contributed by atoms with Crippen molar-refractivity contribution in [3.63, 3.8) is 0 Å². The van der Waals surface area contributed by atoms with Crippen LogP contribution in [0.2, 0.25) is 0 Å². The second kappa shape index (κ2) is 9.09. The Morgan fingerprint density at radius 3 is 2.72 bits per heavy atom. The molecule has 3 N–H and O–H groups in total. The van der Waals surface area contributed by atoms with E-state index >= 15 is 0 Å². The number of benzene rings is 1. The zero-order chi connectivity index (χ0) is 17.7. The Bertz CT molecular complexity index is 728. The first-order valence-electron chi connectivity index (χ1n) is 7.59. The van der Waals surface area contributed by atoms with Crippen LogP contribution in [-0.2, 0) is 14.8 Å². The van der Waals surface area contributed by atoms with Gasteiger partial charge in [0.25, 0.3) is 5.69 Å². The summed E-state index contributed by atoms with van der Waals surface area (Å²) in [6.07, 6.45) is 1.08. The molecule has 1 saturated heterocycles. The molecule has 1 fully saturated rings. The van der Waals surface area contributed by atoms with Gasteiger partial charge in [0, 0.05) is 32.2 Å². The van der Waals surface area contributed by atoms with Gasteiger partial charge in [-0.1, -0.05) is 12.1 Å². The van der Waals surface area contributed by atoms with Crippen molar-refractivity contribution in [2.45, 2.75) is 17.7 Å². The molecule has 0 bridgehead atoms. The maximum atomic E-state index is 12.8. The van der Waals surface area contributed by atoms with Gasteiger partial charge in [-0.15, -0.1) is 12.4 Å². The van der Waals surface area contributed by atoms with Gasteiger partial charge in [0.1, 0.15) is 0 Å². The monoisotopic (exact) mass is 392 g/mol. The molecule has 0 aliphatic carbocycles. The minimum absolute atomic E-state index is 0. The quantitative estimate of drug-likeness (QED) is 0.534. The highest BCUT2D eigenvalue weighted by atomic mass is 35.5. The zero-order valence-corrected chi connectivity index (χ0v) is 15.1. The summed E-state index contributed by atoms with van der Waals surface area (Å²) in [6, 6.07) is 5.22. The molecule has 1 aromatic carbocycles. The van der Waals surface area contributed by atoms with Gasteiger partial charge in [-0.25, -0.2) is 8.42 Å². The Kier molecular flexibility index (Phi) is 7.74. The first kappa shape index (κ1) is 21.3. The van der Waals surface area contributed by atoms with Crippen molar-refractivity contribution in [3.05, 3.63) is 34.4 Å². The molecule has 0 saturated carbocycles. The number of hydrogen-bond acceptors (Lipinski definition) is 6. The minimum atomic E-state index is -4.04. The van der Waals surface area contributed by atoms with Crippen LogP contribution in [-0.4, -0.2) is 49.7 Å². The molecule has 1 aromatic rings. The molecule has 25 heavy (non-hydrogen) atoms. The third-order valence-corrected chi connectivity index (χ3v) is 5.79. The summed E-state index contributed by atoms with van der Waals surface area (Å²) in [4.78, 5) is 22.1. The van der Waals surface area contributed by atoms with Crippen molar-refractivity contribution in [1.29, 1.82) is 0 Å². The third kappa shape index (κ3) is 4.88. The number of amides is 1. The zero-order valence-electron chi connectivity index (χ0n) is 13.5. The molecule has 1 aliphatic heterocycles. The predicted octanol–water partition coefficient (Wildman–Crippen LogP) is 0.492. The number of carbonyl (C=O) groups excluding carboxylic acids is 1. The van der Waals surface area contributed by atoms with E-state index in [4.69, 9.17) is 5.73 Å². The number of nitrogens with one attached hydrogen (secondary N) is 1. The lowest BCUT2D eigenvalue weighted by Gasteiger charge is -2.31. The molecule has 1 atom stereocenters. The molecule has 1 heterocycles. The maximum Gasteiger partial charge on any atom is 0.289 e. The fourth-order valence-electron chi connectivity index (χ4n) is 2.68. The molecule has 0 radical (unpaired) electrons. The average Bonchev–Trinajstić information content (AvgIpc) is 2.59. The molecular weight excluding hydrogens is 372 g/mol. The summed E-state index contributed by atoms with van der Waals surface area (Å²) in [5, 5.41) is 13.7. The van der Waals surface area contributed by atoms with Crippen LogP contribution in [0.3, 0.4) is 0 Å². The van der Waals surface area contributed by atoms with Crippen molar-refractivity contribution >= 4 is 34.0 Å². The first-order valence-corrected chi connectivity index (χ1v) is 9.03. The van der Waals surface area contributed by atoms with Crippen molar-refractivity contribution in [1.82, 2.24) is 9.62 Å². The van der Waals surface area contributed by atoms with Gasteiger partial charge >= 0.3 is 0 Å². The Morgan fingerprint density at radius 1 is 1.40 bits per heavy atom. The fraction of sp³-hybridized carbons (Fsp3) is 0.500. The molecule has 1 amide bonds. The van der Waals surface area contributed by atoms with Gasteiger partial charge in [-0.2, -0.15) is 4.31 Å². The standard InChI is InChI=1S/C14H20N4O5S.ClH/c15-7-8-16-14(19)11-4-3-9-17(10-11)24(22,23)13-6-2-1-5-12(13)18(20)21;/h1-2,5-6,11H,3-4,7-10,15H2,(H,16,19);1H. The van der Waals surface area contributed by atoms with Crippen LogP contribution >= 0.6 is 12.4 Å². The van der Waals surface area contributed by atoms with Crippen molar-refractivity contribution in [2.75, 3.05) is 26.2 Å². The molecule has 1 unspecified atom stereocenters. The summed E-state index contributed by atoms with van der Waals surface area (Å²) in [6.45, 7) is 0.864. The third-order valence-electron chi connectivity index (χ3n) is 3.88. The van der Waals surface area contributed by atoms with E-state index < -0.39 is 26.6 Å². The smallest absolute Gasteiger partial charge is 0.289 e. The Labute approximate surface area is 152 Å². The first-order chi connectivity index (χ1) is 11.4. The highest BCUT2D eigenvalue weighted by molar-refractivity contribution is 7.89. The van der Waals surface area contributed by atoms with Crippen molar-refractivity contribution in [3.8, 4) is 0 Å². The number of sulfonamides is 1. The lowest BCUT2D eigenvalue weighted by atomic mass is 9.99. The number of nitro benzene ring substituents is 1. The number of piperidine rings is 1. The van der Waals surface area contributed by atoms with E-state index in [0.29, 0.717) is 25.9 Å². The topological polar surface area (TPSA) is 136 Å². The van der Waals surface area contributed by atoms with Gasteiger partial charge in [0.2, 0.25) is 15.9 Å². The summed E-state index contributed by atoms with van der Waals surface area (Å²) in [5.41, 5.74) is 4.87. The normalized spacial score (nSPS) is 18.2. The molecule has 1 aliphatic rings. The summed E-state index contributed by atoms with van der Waals surface area (Å²) < 4.78 is 26.7. The number of para-hydroxylation sites is 1. The van der Waals surface area contributed by atoms with Gasteiger partial charge in [-0.05, 0) is 18.9 Å². The lowest BCUT2D eigenvalue weighted by molar-refractivity contribution is -0.387. The molecular formula is C14H21ClN4O5S. The van der Waals surface area contributed by atoms with Crippen LogP contribution in [0.4, 0.5) is 5.69 Å². The van der Waals surface area contributed by atoms with Crippen LogP contribution in [0.25, 0.3) is 0 Å².